The van der Waals surface area contributed by atoms with E-state index in [1.54, 1.807) is 13.1 Å². The molecule has 0 radical (unpaired) electrons. The van der Waals surface area contributed by atoms with E-state index in [2.05, 4.69) is 25.3 Å². The fraction of sp³-hybridized carbons (Fsp3) is 0.333. The highest BCUT2D eigenvalue weighted by Gasteiger charge is 2.14. The zero-order chi connectivity index (χ0) is 18.7. The number of nitrogens with zero attached hydrogens (tertiary/aromatic N) is 4. The number of hydrogen-bond acceptors (Lipinski definition) is 4. The third kappa shape index (κ3) is 3.58. The van der Waals surface area contributed by atoms with E-state index in [0.29, 0.717) is 12.2 Å². The number of hydrogen-bond donors (Lipinski definition) is 2. The molecule has 0 aliphatic rings. The van der Waals surface area contributed by atoms with E-state index in [9.17, 15) is 9.59 Å². The molecule has 2 aromatic heterocycles. The van der Waals surface area contributed by atoms with Crippen LogP contribution in [0.1, 0.15) is 28.9 Å². The predicted molar refractivity (Wildman–Crippen MR) is 97.5 cm³/mol. The Kier molecular flexibility index (Phi) is 5.01. The van der Waals surface area contributed by atoms with Crippen molar-refractivity contribution in [1.82, 2.24) is 30.0 Å². The molecule has 26 heavy (non-hydrogen) atoms. The van der Waals surface area contributed by atoms with Crippen molar-refractivity contribution in [2.24, 2.45) is 7.05 Å². The number of benzene rings is 1. The molecule has 2 N–H and O–H groups in total. The van der Waals surface area contributed by atoms with Crippen molar-refractivity contribution in [3.8, 4) is 0 Å². The summed E-state index contributed by atoms with van der Waals surface area (Å²) >= 11 is 0. The molecule has 0 saturated heterocycles. The second-order valence-electron chi connectivity index (χ2n) is 6.01. The predicted octanol–water partition coefficient (Wildman–Crippen LogP) is 1.14. The van der Waals surface area contributed by atoms with Crippen molar-refractivity contribution >= 4 is 22.8 Å². The molecule has 2 heterocycles. The number of fused-ring (bicyclic) bond motifs is 1. The number of aryl methyl sites for hydroxylation is 3. The molecule has 2 amide bonds. The number of carbonyl (C=O) groups excluding carboxylic acids is 2. The normalized spacial score (nSPS) is 10.9. The van der Waals surface area contributed by atoms with Gasteiger partial charge in [0.25, 0.3) is 5.91 Å². The highest BCUT2D eigenvalue weighted by atomic mass is 16.2. The first-order valence-corrected chi connectivity index (χ1v) is 8.49. The lowest BCUT2D eigenvalue weighted by atomic mass is 10.3. The first-order chi connectivity index (χ1) is 12.5. The van der Waals surface area contributed by atoms with Crippen LogP contribution in [0.15, 0.2) is 30.3 Å². The number of aromatic nitrogens is 4. The molecule has 3 rings (SSSR count). The topological polar surface area (TPSA) is 93.8 Å². The second kappa shape index (κ2) is 7.38. The third-order valence-corrected chi connectivity index (χ3v) is 4.14. The lowest BCUT2D eigenvalue weighted by Crippen LogP contribution is -2.37. The lowest BCUT2D eigenvalue weighted by molar-refractivity contribution is -0.120. The first-order valence-electron chi connectivity index (χ1n) is 8.49. The van der Waals surface area contributed by atoms with Crippen molar-refractivity contribution in [2.75, 3.05) is 6.54 Å². The Hall–Kier alpha value is -3.16. The van der Waals surface area contributed by atoms with Crippen LogP contribution >= 0.6 is 0 Å². The van der Waals surface area contributed by atoms with Crippen LogP contribution in [0, 0.1) is 6.92 Å². The quantitative estimate of drug-likeness (QED) is 0.694. The smallest absolute Gasteiger partial charge is 0.269 e. The van der Waals surface area contributed by atoms with E-state index in [1.165, 1.54) is 4.68 Å². The van der Waals surface area contributed by atoms with Crippen molar-refractivity contribution in [1.29, 1.82) is 0 Å². The Labute approximate surface area is 151 Å². The van der Waals surface area contributed by atoms with Gasteiger partial charge < -0.3 is 15.2 Å². The average molecular weight is 354 g/mol. The summed E-state index contributed by atoms with van der Waals surface area (Å²) in [5.74, 6) is 0.187. The molecule has 0 spiro atoms. The summed E-state index contributed by atoms with van der Waals surface area (Å²) in [4.78, 5) is 28.7. The molecule has 8 heteroatoms. The maximum atomic E-state index is 12.1. The Balaban J connectivity index is 1.58. The van der Waals surface area contributed by atoms with Gasteiger partial charge in [-0.2, -0.15) is 5.10 Å². The van der Waals surface area contributed by atoms with E-state index >= 15 is 0 Å². The van der Waals surface area contributed by atoms with Gasteiger partial charge in [-0.25, -0.2) is 4.98 Å². The molecular weight excluding hydrogens is 332 g/mol. The minimum Gasteiger partial charge on any atom is -0.347 e. The summed E-state index contributed by atoms with van der Waals surface area (Å²) in [6.45, 7) is 4.82. The van der Waals surface area contributed by atoms with Gasteiger partial charge in [-0.3, -0.25) is 14.3 Å². The molecule has 0 atom stereocenters. The van der Waals surface area contributed by atoms with Crippen LogP contribution in [0.4, 0.5) is 0 Å². The molecule has 0 unspecified atom stereocenters. The highest BCUT2D eigenvalue weighted by molar-refractivity contribution is 5.95. The number of amides is 2. The van der Waals surface area contributed by atoms with Crippen LogP contribution in [-0.2, 0) is 24.9 Å². The fourth-order valence-corrected chi connectivity index (χ4v) is 2.93. The molecule has 0 bridgehead atoms. The van der Waals surface area contributed by atoms with Gasteiger partial charge in [0.15, 0.2) is 0 Å². The number of carbonyl (C=O) groups is 2. The van der Waals surface area contributed by atoms with Crippen LogP contribution in [-0.4, -0.2) is 37.7 Å². The molecule has 0 aliphatic carbocycles. The van der Waals surface area contributed by atoms with Crippen LogP contribution in [0.5, 0.6) is 0 Å². The van der Waals surface area contributed by atoms with Gasteiger partial charge in [0, 0.05) is 13.6 Å². The number of imidazole rings is 1. The van der Waals surface area contributed by atoms with Crippen LogP contribution in [0.3, 0.4) is 0 Å². The zero-order valence-electron chi connectivity index (χ0n) is 15.1. The van der Waals surface area contributed by atoms with Gasteiger partial charge in [0.2, 0.25) is 5.91 Å². The Morgan fingerprint density at radius 1 is 1.19 bits per heavy atom. The maximum absolute atomic E-state index is 12.1. The minimum absolute atomic E-state index is 0.102. The van der Waals surface area contributed by atoms with Gasteiger partial charge in [-0.05, 0) is 32.0 Å². The van der Waals surface area contributed by atoms with E-state index in [-0.39, 0.29) is 18.4 Å². The number of nitrogens with one attached hydrogen (secondary N) is 2. The van der Waals surface area contributed by atoms with Gasteiger partial charge in [0.05, 0.1) is 29.8 Å². The molecule has 3 aromatic rings. The van der Waals surface area contributed by atoms with Crippen LogP contribution in [0.25, 0.3) is 11.0 Å². The van der Waals surface area contributed by atoms with Gasteiger partial charge in [-0.15, -0.1) is 0 Å². The third-order valence-electron chi connectivity index (χ3n) is 4.14. The fourth-order valence-electron chi connectivity index (χ4n) is 2.93. The second-order valence-corrected chi connectivity index (χ2v) is 6.01. The van der Waals surface area contributed by atoms with Gasteiger partial charge in [-0.1, -0.05) is 12.1 Å². The standard InChI is InChI=1S/C18H22N6O2/c1-4-24-14-8-6-5-7-13(14)21-16(24)10-19-17(25)11-20-18(26)15-9-12(2)22-23(15)3/h5-9H,4,10-11H2,1-3H3,(H,19,25)(H,20,26). The molecular formula is C18H22N6O2. The summed E-state index contributed by atoms with van der Waals surface area (Å²) < 4.78 is 3.55. The summed E-state index contributed by atoms with van der Waals surface area (Å²) in [6, 6.07) is 9.54. The molecule has 0 saturated carbocycles. The largest absolute Gasteiger partial charge is 0.347 e. The molecule has 0 aliphatic heterocycles. The maximum Gasteiger partial charge on any atom is 0.269 e. The average Bonchev–Trinajstić information content (AvgIpc) is 3.16. The Morgan fingerprint density at radius 3 is 2.65 bits per heavy atom. The summed E-state index contributed by atoms with van der Waals surface area (Å²) in [6.07, 6.45) is 0. The lowest BCUT2D eigenvalue weighted by Gasteiger charge is -2.08. The molecule has 1 aromatic carbocycles. The van der Waals surface area contributed by atoms with Crippen molar-refractivity contribution in [3.63, 3.8) is 0 Å². The van der Waals surface area contributed by atoms with E-state index in [4.69, 9.17) is 0 Å². The number of rotatable bonds is 6. The van der Waals surface area contributed by atoms with Crippen molar-refractivity contribution in [2.45, 2.75) is 26.9 Å². The Morgan fingerprint density at radius 2 is 1.96 bits per heavy atom. The van der Waals surface area contributed by atoms with Gasteiger partial charge in [0.1, 0.15) is 11.5 Å². The summed E-state index contributed by atoms with van der Waals surface area (Å²) in [5, 5.41) is 9.53. The summed E-state index contributed by atoms with van der Waals surface area (Å²) in [5.41, 5.74) is 3.11. The number of para-hydroxylation sites is 2. The van der Waals surface area contributed by atoms with E-state index in [0.717, 1.165) is 29.1 Å². The molecule has 0 fully saturated rings. The van der Waals surface area contributed by atoms with E-state index in [1.807, 2.05) is 38.1 Å². The summed E-state index contributed by atoms with van der Waals surface area (Å²) in [7, 11) is 1.69. The highest BCUT2D eigenvalue weighted by Crippen LogP contribution is 2.15. The molecule has 136 valence electrons. The molecule has 8 nitrogen and oxygen atoms in total. The van der Waals surface area contributed by atoms with E-state index < -0.39 is 0 Å². The zero-order valence-corrected chi connectivity index (χ0v) is 15.1. The van der Waals surface area contributed by atoms with Crippen LogP contribution in [0.2, 0.25) is 0 Å². The Bertz CT molecular complexity index is 956. The monoisotopic (exact) mass is 354 g/mol. The SMILES string of the molecule is CCn1c(CNC(=O)CNC(=O)c2cc(C)nn2C)nc2ccccc21. The van der Waals surface area contributed by atoms with Crippen LogP contribution < -0.4 is 10.6 Å². The van der Waals surface area contributed by atoms with Gasteiger partial charge >= 0.3 is 0 Å². The van der Waals surface area contributed by atoms with Crippen molar-refractivity contribution in [3.05, 3.63) is 47.5 Å². The first kappa shape index (κ1) is 17.7. The minimum atomic E-state index is -0.330. The van der Waals surface area contributed by atoms with Crippen molar-refractivity contribution < 1.29 is 9.59 Å².